The Bertz CT molecular complexity index is 1150. The minimum atomic E-state index is -4.36. The highest BCUT2D eigenvalue weighted by atomic mass is 32.2. The maximum Gasteiger partial charge on any atom is 0.416 e. The zero-order chi connectivity index (χ0) is 25.4. The molecule has 0 unspecified atom stereocenters. The van der Waals surface area contributed by atoms with E-state index < -0.39 is 11.7 Å². The molecular weight excluding hydrogens is 485 g/mol. The fraction of sp³-hybridized carbons (Fsp3) is 0.407. The summed E-state index contributed by atoms with van der Waals surface area (Å²) in [4.78, 5) is 19.5. The molecule has 0 aliphatic carbocycles. The maximum atomic E-state index is 12.9. The second-order valence-electron chi connectivity index (χ2n) is 8.85. The Balaban J connectivity index is 1.13. The summed E-state index contributed by atoms with van der Waals surface area (Å²) in [5.74, 6) is 1.00. The maximum absolute atomic E-state index is 12.9. The Kier molecular flexibility index (Phi) is 9.09. The number of alkyl halides is 3. The number of pyridine rings is 1. The molecule has 2 aromatic carbocycles. The number of carbonyl (C=O) groups is 1. The summed E-state index contributed by atoms with van der Waals surface area (Å²) in [5.41, 5.74) is 1.45. The summed E-state index contributed by atoms with van der Waals surface area (Å²) in [6.07, 6.45) is 1.49. The lowest BCUT2D eigenvalue weighted by atomic mass is 10.1. The number of halogens is 3. The van der Waals surface area contributed by atoms with Crippen molar-refractivity contribution in [1.82, 2.24) is 15.2 Å². The number of hydrogen-bond donors (Lipinski definition) is 2. The van der Waals surface area contributed by atoms with Crippen LogP contribution < -0.4 is 10.6 Å². The first-order valence-corrected chi connectivity index (χ1v) is 13.3. The largest absolute Gasteiger partial charge is 0.416 e. The number of unbranched alkanes of at least 4 members (excludes halogenated alkanes) is 3. The summed E-state index contributed by atoms with van der Waals surface area (Å²) >= 11 is 1.67. The standard InChI is InChI=1S/C27H31F3N4OS/c28-27(29,30)21-7-10-23-24(19-21)33-13-11-25(23)36-18-4-2-1-3-12-32-22-8-5-20(6-9-22)26(35)34-16-14-31-15-17-34/h5-11,13,19,31-32H,1-4,12,14-18H2. The van der Waals surface area contributed by atoms with E-state index in [1.54, 1.807) is 18.0 Å². The highest BCUT2D eigenvalue weighted by Crippen LogP contribution is 2.34. The predicted octanol–water partition coefficient (Wildman–Crippen LogP) is 6.06. The monoisotopic (exact) mass is 516 g/mol. The fourth-order valence-corrected chi connectivity index (χ4v) is 5.25. The molecule has 5 nitrogen and oxygen atoms in total. The van der Waals surface area contributed by atoms with E-state index in [0.717, 1.165) is 97.8 Å². The molecule has 1 aliphatic rings. The predicted molar refractivity (Wildman–Crippen MR) is 140 cm³/mol. The molecule has 3 aromatic rings. The van der Waals surface area contributed by atoms with E-state index >= 15 is 0 Å². The number of anilines is 1. The van der Waals surface area contributed by atoms with Gasteiger partial charge in [0.1, 0.15) is 0 Å². The number of thioether (sulfide) groups is 1. The van der Waals surface area contributed by atoms with E-state index in [4.69, 9.17) is 0 Å². The van der Waals surface area contributed by atoms with Gasteiger partial charge in [0.15, 0.2) is 0 Å². The molecule has 192 valence electrons. The number of benzene rings is 2. The zero-order valence-electron chi connectivity index (χ0n) is 20.1. The number of nitrogens with zero attached hydrogens (tertiary/aromatic N) is 2. The van der Waals surface area contributed by atoms with Crippen LogP contribution in [0.15, 0.2) is 59.6 Å². The molecule has 0 radical (unpaired) electrons. The quantitative estimate of drug-likeness (QED) is 0.253. The molecule has 2 N–H and O–H groups in total. The van der Waals surface area contributed by atoms with Crippen LogP contribution in [-0.2, 0) is 6.18 Å². The summed E-state index contributed by atoms with van der Waals surface area (Å²) in [6, 6.07) is 13.3. The molecule has 1 aliphatic heterocycles. The highest BCUT2D eigenvalue weighted by Gasteiger charge is 2.30. The molecule has 0 spiro atoms. The van der Waals surface area contributed by atoms with Gasteiger partial charge in [-0.15, -0.1) is 11.8 Å². The molecule has 4 rings (SSSR count). The van der Waals surface area contributed by atoms with Crippen molar-refractivity contribution in [2.24, 2.45) is 0 Å². The summed E-state index contributed by atoms with van der Waals surface area (Å²) in [6.45, 7) is 4.06. The van der Waals surface area contributed by atoms with Gasteiger partial charge >= 0.3 is 6.18 Å². The van der Waals surface area contributed by atoms with Gasteiger partial charge in [0.25, 0.3) is 5.91 Å². The molecular formula is C27H31F3N4OS. The lowest BCUT2D eigenvalue weighted by Crippen LogP contribution is -2.46. The van der Waals surface area contributed by atoms with Crippen molar-refractivity contribution in [3.63, 3.8) is 0 Å². The summed E-state index contributed by atoms with van der Waals surface area (Å²) in [5, 5.41) is 7.43. The van der Waals surface area contributed by atoms with Crippen LogP contribution in [0.25, 0.3) is 10.9 Å². The molecule has 1 aromatic heterocycles. The minimum Gasteiger partial charge on any atom is -0.385 e. The molecule has 36 heavy (non-hydrogen) atoms. The molecule has 2 heterocycles. The van der Waals surface area contributed by atoms with Gasteiger partial charge in [-0.1, -0.05) is 18.9 Å². The van der Waals surface area contributed by atoms with E-state index in [-0.39, 0.29) is 5.91 Å². The number of nitrogens with one attached hydrogen (secondary N) is 2. The number of carbonyl (C=O) groups excluding carboxylic acids is 1. The second-order valence-corrected chi connectivity index (χ2v) is 9.98. The van der Waals surface area contributed by atoms with Crippen molar-refractivity contribution < 1.29 is 18.0 Å². The van der Waals surface area contributed by atoms with Gasteiger partial charge in [-0.3, -0.25) is 9.78 Å². The van der Waals surface area contributed by atoms with Crippen LogP contribution in [0.2, 0.25) is 0 Å². The smallest absolute Gasteiger partial charge is 0.385 e. The van der Waals surface area contributed by atoms with Gasteiger partial charge < -0.3 is 15.5 Å². The fourth-order valence-electron chi connectivity index (χ4n) is 4.20. The number of fused-ring (bicyclic) bond motifs is 1. The van der Waals surface area contributed by atoms with Gasteiger partial charge in [0, 0.05) is 60.5 Å². The summed E-state index contributed by atoms with van der Waals surface area (Å²) in [7, 11) is 0. The number of hydrogen-bond acceptors (Lipinski definition) is 5. The SMILES string of the molecule is O=C(c1ccc(NCCCCCCSc2ccnc3cc(C(F)(F)F)ccc23)cc1)N1CCNCC1. The number of piperazine rings is 1. The average Bonchev–Trinajstić information content (AvgIpc) is 2.90. The van der Waals surface area contributed by atoms with Crippen LogP contribution in [0.1, 0.15) is 41.6 Å². The van der Waals surface area contributed by atoms with Gasteiger partial charge in [0.2, 0.25) is 0 Å². The Morgan fingerprint density at radius 2 is 1.75 bits per heavy atom. The molecule has 0 atom stereocenters. The van der Waals surface area contributed by atoms with Crippen LogP contribution >= 0.6 is 11.8 Å². The third kappa shape index (κ3) is 7.13. The first kappa shape index (κ1) is 26.3. The normalized spacial score (nSPS) is 14.2. The lowest BCUT2D eigenvalue weighted by Gasteiger charge is -2.27. The van der Waals surface area contributed by atoms with Crippen LogP contribution in [0, 0.1) is 0 Å². The Hall–Kier alpha value is -2.78. The van der Waals surface area contributed by atoms with Crippen molar-refractivity contribution in [2.45, 2.75) is 36.8 Å². The third-order valence-corrected chi connectivity index (χ3v) is 7.38. The van der Waals surface area contributed by atoms with E-state index in [9.17, 15) is 18.0 Å². The highest BCUT2D eigenvalue weighted by molar-refractivity contribution is 7.99. The molecule has 1 fully saturated rings. The molecule has 9 heteroatoms. The molecule has 1 saturated heterocycles. The average molecular weight is 517 g/mol. The summed E-state index contributed by atoms with van der Waals surface area (Å²) < 4.78 is 38.8. The zero-order valence-corrected chi connectivity index (χ0v) is 20.9. The van der Waals surface area contributed by atoms with Crippen LogP contribution in [0.4, 0.5) is 18.9 Å². The Morgan fingerprint density at radius 3 is 2.50 bits per heavy atom. The van der Waals surface area contributed by atoms with E-state index in [2.05, 4.69) is 15.6 Å². The number of aromatic nitrogens is 1. The number of amides is 1. The van der Waals surface area contributed by atoms with Gasteiger partial charge in [-0.2, -0.15) is 13.2 Å². The minimum absolute atomic E-state index is 0.0896. The van der Waals surface area contributed by atoms with E-state index in [1.807, 2.05) is 35.2 Å². The van der Waals surface area contributed by atoms with Crippen LogP contribution in [-0.4, -0.2) is 54.3 Å². The topological polar surface area (TPSA) is 57.3 Å². The Labute approximate surface area is 213 Å². The van der Waals surface area contributed by atoms with Crippen molar-refractivity contribution in [2.75, 3.05) is 43.8 Å². The van der Waals surface area contributed by atoms with Gasteiger partial charge in [-0.25, -0.2) is 0 Å². The van der Waals surface area contributed by atoms with Gasteiger partial charge in [0.05, 0.1) is 11.1 Å². The Morgan fingerprint density at radius 1 is 1.00 bits per heavy atom. The number of rotatable bonds is 10. The molecule has 0 bridgehead atoms. The van der Waals surface area contributed by atoms with Crippen LogP contribution in [0.3, 0.4) is 0 Å². The molecule has 0 saturated carbocycles. The van der Waals surface area contributed by atoms with Crippen LogP contribution in [0.5, 0.6) is 0 Å². The van der Waals surface area contributed by atoms with Crippen molar-refractivity contribution in [1.29, 1.82) is 0 Å². The van der Waals surface area contributed by atoms with E-state index in [0.29, 0.717) is 5.52 Å². The second kappa shape index (κ2) is 12.5. The van der Waals surface area contributed by atoms with Crippen molar-refractivity contribution in [3.8, 4) is 0 Å². The third-order valence-electron chi connectivity index (χ3n) is 6.22. The van der Waals surface area contributed by atoms with Crippen molar-refractivity contribution in [3.05, 3.63) is 65.9 Å². The lowest BCUT2D eigenvalue weighted by molar-refractivity contribution is -0.137. The van der Waals surface area contributed by atoms with Crippen molar-refractivity contribution >= 4 is 34.3 Å². The first-order chi connectivity index (χ1) is 17.4. The van der Waals surface area contributed by atoms with Gasteiger partial charge in [-0.05, 0) is 61.1 Å². The first-order valence-electron chi connectivity index (χ1n) is 12.3. The van der Waals surface area contributed by atoms with E-state index in [1.165, 1.54) is 6.07 Å². The molecule has 1 amide bonds.